The van der Waals surface area contributed by atoms with Crippen LogP contribution in [0.3, 0.4) is 0 Å². The molecule has 3 aromatic rings. The molecule has 3 rings (SSSR count). The lowest BCUT2D eigenvalue weighted by molar-refractivity contribution is -0.154. The van der Waals surface area contributed by atoms with Crippen molar-refractivity contribution in [3.63, 3.8) is 0 Å². The highest BCUT2D eigenvalue weighted by atomic mass is 19.4. The fourth-order valence-electron chi connectivity index (χ4n) is 2.60. The molecule has 30 heavy (non-hydrogen) atoms. The first-order valence-corrected chi connectivity index (χ1v) is 8.25. The minimum Gasteiger partial charge on any atom is -0.433 e. The standard InChI is InChI=1S/C19H12F6N2O3/c1-10-26-16(15(29-10)19(23,24)25)30-17(28)27-12-8-6-11(7-9-12)13-4-2-3-5-14(13)18(20,21)22/h2-9H,1H3,(H,27,28). The zero-order valence-electron chi connectivity index (χ0n) is 15.1. The molecule has 1 heterocycles. The number of hydrogen-bond acceptors (Lipinski definition) is 4. The topological polar surface area (TPSA) is 64.4 Å². The Bertz CT molecular complexity index is 1060. The van der Waals surface area contributed by atoms with Gasteiger partial charge in [-0.3, -0.25) is 5.32 Å². The highest BCUT2D eigenvalue weighted by molar-refractivity contribution is 5.86. The van der Waals surface area contributed by atoms with Gasteiger partial charge in [0.15, 0.2) is 5.89 Å². The summed E-state index contributed by atoms with van der Waals surface area (Å²) < 4.78 is 86.9. The average Bonchev–Trinajstić information content (AvgIpc) is 3.02. The number of oxazole rings is 1. The monoisotopic (exact) mass is 430 g/mol. The normalized spacial score (nSPS) is 12.0. The summed E-state index contributed by atoms with van der Waals surface area (Å²) in [6.45, 7) is 1.15. The number of aromatic nitrogens is 1. The Morgan fingerprint density at radius 2 is 1.60 bits per heavy atom. The maximum atomic E-state index is 13.1. The number of hydrogen-bond donors (Lipinski definition) is 1. The number of nitrogens with one attached hydrogen (secondary N) is 1. The summed E-state index contributed by atoms with van der Waals surface area (Å²) in [6.07, 6.45) is -10.7. The van der Waals surface area contributed by atoms with Crippen molar-refractivity contribution in [3.8, 4) is 17.0 Å². The summed E-state index contributed by atoms with van der Waals surface area (Å²) in [7, 11) is 0. The molecular weight excluding hydrogens is 418 g/mol. The first kappa shape index (κ1) is 21.2. The SMILES string of the molecule is Cc1nc(OC(=O)Nc2ccc(-c3ccccc3C(F)(F)F)cc2)c(C(F)(F)F)o1. The molecule has 0 aliphatic heterocycles. The molecule has 0 saturated heterocycles. The van der Waals surface area contributed by atoms with E-state index in [4.69, 9.17) is 0 Å². The highest BCUT2D eigenvalue weighted by Gasteiger charge is 2.41. The number of anilines is 1. The molecule has 0 unspecified atom stereocenters. The van der Waals surface area contributed by atoms with Gasteiger partial charge in [0.2, 0.25) is 0 Å². The Labute approximate surface area is 165 Å². The summed E-state index contributed by atoms with van der Waals surface area (Å²) in [5.41, 5.74) is -0.575. The van der Waals surface area contributed by atoms with Gasteiger partial charge in [0, 0.05) is 12.6 Å². The van der Waals surface area contributed by atoms with E-state index in [2.05, 4.69) is 19.5 Å². The number of ether oxygens (including phenoxy) is 1. The maximum absolute atomic E-state index is 13.1. The van der Waals surface area contributed by atoms with E-state index >= 15 is 0 Å². The van der Waals surface area contributed by atoms with Crippen molar-refractivity contribution in [2.75, 3.05) is 5.32 Å². The van der Waals surface area contributed by atoms with Crippen molar-refractivity contribution in [3.05, 3.63) is 65.7 Å². The van der Waals surface area contributed by atoms with Crippen LogP contribution in [0.4, 0.5) is 36.8 Å². The number of amides is 1. The first-order chi connectivity index (χ1) is 13.9. The van der Waals surface area contributed by atoms with Gasteiger partial charge in [-0.1, -0.05) is 30.3 Å². The molecule has 0 atom stereocenters. The van der Waals surface area contributed by atoms with E-state index in [-0.39, 0.29) is 22.7 Å². The van der Waals surface area contributed by atoms with Gasteiger partial charge >= 0.3 is 18.4 Å². The van der Waals surface area contributed by atoms with Crippen molar-refractivity contribution in [2.45, 2.75) is 19.3 Å². The van der Waals surface area contributed by atoms with Gasteiger partial charge in [-0.15, -0.1) is 0 Å². The van der Waals surface area contributed by atoms with E-state index in [0.29, 0.717) is 0 Å². The van der Waals surface area contributed by atoms with Gasteiger partial charge in [0.25, 0.3) is 11.6 Å². The summed E-state index contributed by atoms with van der Waals surface area (Å²) >= 11 is 0. The molecule has 0 aliphatic rings. The van der Waals surface area contributed by atoms with E-state index < -0.39 is 35.6 Å². The smallest absolute Gasteiger partial charge is 0.433 e. The Hall–Kier alpha value is -3.50. The zero-order valence-corrected chi connectivity index (χ0v) is 15.1. The summed E-state index contributed by atoms with van der Waals surface area (Å²) in [5, 5.41) is 2.17. The molecule has 2 aromatic carbocycles. The summed E-state index contributed by atoms with van der Waals surface area (Å²) in [6, 6.07) is 10.2. The van der Waals surface area contributed by atoms with Crippen LogP contribution in [0.2, 0.25) is 0 Å². The molecule has 0 bridgehead atoms. The molecule has 0 spiro atoms. The lowest BCUT2D eigenvalue weighted by Gasteiger charge is -2.13. The van der Waals surface area contributed by atoms with E-state index in [1.807, 2.05) is 0 Å². The maximum Gasteiger partial charge on any atom is 0.455 e. The van der Waals surface area contributed by atoms with E-state index in [9.17, 15) is 31.1 Å². The number of nitrogens with zero attached hydrogens (tertiary/aromatic N) is 1. The molecule has 158 valence electrons. The fourth-order valence-corrected chi connectivity index (χ4v) is 2.60. The Kier molecular flexibility index (Phi) is 5.47. The Morgan fingerprint density at radius 1 is 0.967 bits per heavy atom. The van der Waals surface area contributed by atoms with Gasteiger partial charge in [0.1, 0.15) is 0 Å². The molecule has 11 heteroatoms. The van der Waals surface area contributed by atoms with Crippen molar-refractivity contribution in [1.29, 1.82) is 0 Å². The first-order valence-electron chi connectivity index (χ1n) is 8.25. The van der Waals surface area contributed by atoms with Crippen LogP contribution < -0.4 is 10.1 Å². The van der Waals surface area contributed by atoms with Crippen molar-refractivity contribution in [1.82, 2.24) is 4.98 Å². The minimum atomic E-state index is -4.91. The largest absolute Gasteiger partial charge is 0.455 e. The molecule has 0 aliphatic carbocycles. The Balaban J connectivity index is 1.76. The predicted octanol–water partition coefficient (Wildman–Crippen LogP) is 6.30. The van der Waals surface area contributed by atoms with Crippen LogP contribution in [0, 0.1) is 6.92 Å². The summed E-state index contributed by atoms with van der Waals surface area (Å²) in [4.78, 5) is 15.2. The lowest BCUT2D eigenvalue weighted by atomic mass is 9.99. The zero-order chi connectivity index (χ0) is 22.1. The number of rotatable bonds is 3. The second kappa shape index (κ2) is 7.73. The molecule has 0 fully saturated rings. The third kappa shape index (κ3) is 4.73. The predicted molar refractivity (Wildman–Crippen MR) is 92.8 cm³/mol. The van der Waals surface area contributed by atoms with Crippen LogP contribution in [0.1, 0.15) is 17.2 Å². The Morgan fingerprint density at radius 3 is 2.20 bits per heavy atom. The van der Waals surface area contributed by atoms with Crippen LogP contribution in [-0.2, 0) is 12.4 Å². The van der Waals surface area contributed by atoms with Crippen molar-refractivity contribution >= 4 is 11.8 Å². The number of carbonyl (C=O) groups is 1. The molecule has 0 radical (unpaired) electrons. The third-order valence-corrected chi connectivity index (χ3v) is 3.82. The van der Waals surface area contributed by atoms with Crippen molar-refractivity contribution in [2.24, 2.45) is 0 Å². The van der Waals surface area contributed by atoms with Gasteiger partial charge in [0.05, 0.1) is 5.56 Å². The van der Waals surface area contributed by atoms with Crippen LogP contribution >= 0.6 is 0 Å². The number of aryl methyl sites for hydroxylation is 1. The molecular formula is C19H12F6N2O3. The fraction of sp³-hybridized carbons (Fsp3) is 0.158. The quantitative estimate of drug-likeness (QED) is 0.496. The van der Waals surface area contributed by atoms with Gasteiger partial charge in [-0.05, 0) is 29.3 Å². The molecule has 1 N–H and O–H groups in total. The molecule has 0 saturated carbocycles. The van der Waals surface area contributed by atoms with Crippen LogP contribution in [-0.4, -0.2) is 11.1 Å². The lowest BCUT2D eigenvalue weighted by Crippen LogP contribution is -2.18. The van der Waals surface area contributed by atoms with Crippen LogP contribution in [0.25, 0.3) is 11.1 Å². The van der Waals surface area contributed by atoms with Crippen molar-refractivity contribution < 1.29 is 40.3 Å². The average molecular weight is 430 g/mol. The second-order valence-corrected chi connectivity index (χ2v) is 6.00. The van der Waals surface area contributed by atoms with E-state index in [0.717, 1.165) is 13.0 Å². The van der Waals surface area contributed by atoms with E-state index in [1.165, 1.54) is 42.5 Å². The molecule has 1 amide bonds. The van der Waals surface area contributed by atoms with Crippen LogP contribution in [0.15, 0.2) is 52.9 Å². The third-order valence-electron chi connectivity index (χ3n) is 3.82. The number of alkyl halides is 6. The van der Waals surface area contributed by atoms with E-state index in [1.54, 1.807) is 0 Å². The molecule has 5 nitrogen and oxygen atoms in total. The number of halogens is 6. The van der Waals surface area contributed by atoms with Crippen LogP contribution in [0.5, 0.6) is 5.88 Å². The molecule has 1 aromatic heterocycles. The highest BCUT2D eigenvalue weighted by Crippen LogP contribution is 2.38. The van der Waals surface area contributed by atoms with Gasteiger partial charge < -0.3 is 9.15 Å². The van der Waals surface area contributed by atoms with Gasteiger partial charge in [-0.2, -0.15) is 31.3 Å². The number of carbonyl (C=O) groups excluding carboxylic acids is 1. The summed E-state index contributed by atoms with van der Waals surface area (Å²) in [5.74, 6) is -2.96. The second-order valence-electron chi connectivity index (χ2n) is 6.00. The minimum absolute atomic E-state index is 0.0629. The number of benzene rings is 2. The van der Waals surface area contributed by atoms with Gasteiger partial charge in [-0.25, -0.2) is 4.79 Å².